The zero-order valence-corrected chi connectivity index (χ0v) is 14.9. The smallest absolute Gasteiger partial charge is 0.168 e. The molecule has 1 atom stereocenters. The number of hydrogen-bond donors (Lipinski definition) is 1. The van der Waals surface area contributed by atoms with E-state index in [1.807, 2.05) is 59.3 Å². The Kier molecular flexibility index (Phi) is 4.21. The van der Waals surface area contributed by atoms with Gasteiger partial charge in [0.25, 0.3) is 0 Å². The van der Waals surface area contributed by atoms with Crippen molar-refractivity contribution in [3.63, 3.8) is 0 Å². The van der Waals surface area contributed by atoms with Gasteiger partial charge in [-0.1, -0.05) is 31.2 Å². The van der Waals surface area contributed by atoms with E-state index >= 15 is 0 Å². The average molecular weight is 347 g/mol. The molecule has 0 amide bonds. The van der Waals surface area contributed by atoms with E-state index in [4.69, 9.17) is 9.84 Å². The first-order chi connectivity index (χ1) is 12.7. The Morgan fingerprint density at radius 2 is 1.92 bits per heavy atom. The van der Waals surface area contributed by atoms with Crippen molar-refractivity contribution in [3.8, 4) is 11.4 Å². The number of anilines is 2. The number of methoxy groups -OCH3 is 1. The third kappa shape index (κ3) is 2.96. The molecule has 5 nitrogen and oxygen atoms in total. The molecule has 0 saturated heterocycles. The third-order valence-electron chi connectivity index (χ3n) is 4.67. The number of carbonyl (C=O) groups excluding carboxylic acids is 1. The van der Waals surface area contributed by atoms with Gasteiger partial charge in [0.2, 0.25) is 0 Å². The highest BCUT2D eigenvalue weighted by Crippen LogP contribution is 2.34. The fraction of sp³-hybridized carbons (Fsp3) is 0.238. The van der Waals surface area contributed by atoms with Crippen LogP contribution in [0.3, 0.4) is 0 Å². The summed E-state index contributed by atoms with van der Waals surface area (Å²) in [6.45, 7) is 2.11. The van der Waals surface area contributed by atoms with E-state index in [-0.39, 0.29) is 5.78 Å². The molecule has 1 aliphatic carbocycles. The predicted molar refractivity (Wildman–Crippen MR) is 102 cm³/mol. The summed E-state index contributed by atoms with van der Waals surface area (Å²) < 4.78 is 7.18. The summed E-state index contributed by atoms with van der Waals surface area (Å²) in [5.74, 6) is 1.82. The highest BCUT2D eigenvalue weighted by molar-refractivity contribution is 6.03. The number of para-hydroxylation sites is 1. The van der Waals surface area contributed by atoms with Crippen molar-refractivity contribution in [2.75, 3.05) is 12.4 Å². The van der Waals surface area contributed by atoms with E-state index in [2.05, 4.69) is 12.2 Å². The van der Waals surface area contributed by atoms with Gasteiger partial charge in [0.15, 0.2) is 11.6 Å². The minimum Gasteiger partial charge on any atom is -0.497 e. The lowest BCUT2D eigenvalue weighted by Crippen LogP contribution is -2.19. The number of aromatic nitrogens is 2. The van der Waals surface area contributed by atoms with Crippen LogP contribution in [0.25, 0.3) is 5.69 Å². The topological polar surface area (TPSA) is 56.1 Å². The molecule has 0 unspecified atom stereocenters. The third-order valence-corrected chi connectivity index (χ3v) is 4.67. The van der Waals surface area contributed by atoms with E-state index < -0.39 is 0 Å². The molecule has 132 valence electrons. The Balaban J connectivity index is 1.81. The summed E-state index contributed by atoms with van der Waals surface area (Å²) in [6, 6.07) is 17.6. The standard InChI is InChI=1S/C21H21N3O2/c1-14-11-18-20(19(25)12-14)21(22-15-7-6-10-17(13-15)26-2)23-24(18)16-8-4-3-5-9-16/h3-10,13-14H,11-12H2,1-2H3,(H,22,23)/t14-/m1/s1. The molecule has 0 spiro atoms. The molecule has 0 fully saturated rings. The fourth-order valence-corrected chi connectivity index (χ4v) is 3.46. The minimum absolute atomic E-state index is 0.145. The molecule has 0 radical (unpaired) electrons. The maximum atomic E-state index is 12.8. The Hall–Kier alpha value is -3.08. The van der Waals surface area contributed by atoms with E-state index in [1.54, 1.807) is 7.11 Å². The summed E-state index contributed by atoms with van der Waals surface area (Å²) in [5.41, 5.74) is 3.49. The number of ketones is 1. The lowest BCUT2D eigenvalue weighted by molar-refractivity contribution is 0.0953. The normalized spacial score (nSPS) is 16.2. The van der Waals surface area contributed by atoms with Crippen LogP contribution in [-0.2, 0) is 6.42 Å². The Morgan fingerprint density at radius 1 is 1.12 bits per heavy atom. The Bertz CT molecular complexity index is 947. The number of hydrogen-bond acceptors (Lipinski definition) is 4. The van der Waals surface area contributed by atoms with Crippen molar-refractivity contribution < 1.29 is 9.53 Å². The van der Waals surface area contributed by atoms with Gasteiger partial charge in [-0.3, -0.25) is 4.79 Å². The Labute approximate surface area is 152 Å². The summed E-state index contributed by atoms with van der Waals surface area (Å²) in [7, 11) is 1.63. The Morgan fingerprint density at radius 3 is 2.69 bits per heavy atom. The number of carbonyl (C=O) groups is 1. The first-order valence-electron chi connectivity index (χ1n) is 8.77. The van der Waals surface area contributed by atoms with Crippen molar-refractivity contribution in [2.24, 2.45) is 5.92 Å². The molecule has 1 aliphatic rings. The number of fused-ring (bicyclic) bond motifs is 1. The minimum atomic E-state index is 0.145. The molecule has 0 aliphatic heterocycles. The second-order valence-corrected chi connectivity index (χ2v) is 6.71. The quantitative estimate of drug-likeness (QED) is 0.760. The number of nitrogens with zero attached hydrogens (tertiary/aromatic N) is 2. The summed E-state index contributed by atoms with van der Waals surface area (Å²) in [5, 5.41) is 8.05. The van der Waals surface area contributed by atoms with Crippen LogP contribution in [0.2, 0.25) is 0 Å². The van der Waals surface area contributed by atoms with Gasteiger partial charge in [-0.05, 0) is 36.6 Å². The van der Waals surface area contributed by atoms with Crippen molar-refractivity contribution >= 4 is 17.3 Å². The van der Waals surface area contributed by atoms with E-state index in [0.29, 0.717) is 23.7 Å². The molecular weight excluding hydrogens is 326 g/mol. The average Bonchev–Trinajstić information content (AvgIpc) is 3.01. The van der Waals surface area contributed by atoms with Gasteiger partial charge >= 0.3 is 0 Å². The first kappa shape index (κ1) is 16.4. The van der Waals surface area contributed by atoms with Gasteiger partial charge in [0.05, 0.1) is 24.1 Å². The van der Waals surface area contributed by atoms with Crippen LogP contribution in [0.15, 0.2) is 54.6 Å². The summed E-state index contributed by atoms with van der Waals surface area (Å²) in [4.78, 5) is 12.8. The number of rotatable bonds is 4. The van der Waals surface area contributed by atoms with Crippen LogP contribution < -0.4 is 10.1 Å². The van der Waals surface area contributed by atoms with E-state index in [1.165, 1.54) is 0 Å². The SMILES string of the molecule is COc1cccc(Nc2nn(-c3ccccc3)c3c2C(=O)C[C@H](C)C3)c1. The summed E-state index contributed by atoms with van der Waals surface area (Å²) >= 11 is 0. The number of Topliss-reactive ketones (excluding diaryl/α,β-unsaturated/α-hetero) is 1. The van der Waals surface area contributed by atoms with E-state index in [0.717, 1.165) is 29.2 Å². The molecule has 4 rings (SSSR count). The van der Waals surface area contributed by atoms with Crippen LogP contribution in [0, 0.1) is 5.92 Å². The largest absolute Gasteiger partial charge is 0.497 e. The molecule has 0 bridgehead atoms. The lowest BCUT2D eigenvalue weighted by atomic mass is 9.87. The molecule has 26 heavy (non-hydrogen) atoms. The highest BCUT2D eigenvalue weighted by atomic mass is 16.5. The number of benzene rings is 2. The molecule has 3 aromatic rings. The molecule has 1 heterocycles. The second-order valence-electron chi connectivity index (χ2n) is 6.71. The van der Waals surface area contributed by atoms with Gasteiger partial charge in [-0.15, -0.1) is 5.10 Å². The maximum absolute atomic E-state index is 12.8. The van der Waals surface area contributed by atoms with Crippen molar-refractivity contribution in [2.45, 2.75) is 19.8 Å². The number of ether oxygens (including phenoxy) is 1. The van der Waals surface area contributed by atoms with Crippen LogP contribution >= 0.6 is 0 Å². The lowest BCUT2D eigenvalue weighted by Gasteiger charge is -2.19. The molecule has 5 heteroatoms. The van der Waals surface area contributed by atoms with Crippen LogP contribution in [0.1, 0.15) is 29.4 Å². The first-order valence-corrected chi connectivity index (χ1v) is 8.77. The molecule has 1 N–H and O–H groups in total. The van der Waals surface area contributed by atoms with Crippen LogP contribution in [-0.4, -0.2) is 22.7 Å². The number of nitrogens with one attached hydrogen (secondary N) is 1. The molecule has 1 aromatic heterocycles. The highest BCUT2D eigenvalue weighted by Gasteiger charge is 2.31. The van der Waals surface area contributed by atoms with Gasteiger partial charge in [-0.25, -0.2) is 4.68 Å². The zero-order chi connectivity index (χ0) is 18.1. The van der Waals surface area contributed by atoms with Gasteiger partial charge in [-0.2, -0.15) is 0 Å². The van der Waals surface area contributed by atoms with Gasteiger partial charge < -0.3 is 10.1 Å². The van der Waals surface area contributed by atoms with Crippen LogP contribution in [0.4, 0.5) is 11.5 Å². The zero-order valence-electron chi connectivity index (χ0n) is 14.9. The van der Waals surface area contributed by atoms with Crippen LogP contribution in [0.5, 0.6) is 5.75 Å². The van der Waals surface area contributed by atoms with Crippen molar-refractivity contribution in [3.05, 3.63) is 65.9 Å². The van der Waals surface area contributed by atoms with Crippen molar-refractivity contribution in [1.82, 2.24) is 9.78 Å². The second kappa shape index (κ2) is 6.67. The van der Waals surface area contributed by atoms with Gasteiger partial charge in [0.1, 0.15) is 5.75 Å². The van der Waals surface area contributed by atoms with Crippen molar-refractivity contribution in [1.29, 1.82) is 0 Å². The van der Waals surface area contributed by atoms with E-state index in [9.17, 15) is 4.79 Å². The maximum Gasteiger partial charge on any atom is 0.168 e. The molecule has 2 aromatic carbocycles. The summed E-state index contributed by atoms with van der Waals surface area (Å²) in [6.07, 6.45) is 1.39. The molecule has 0 saturated carbocycles. The monoisotopic (exact) mass is 347 g/mol. The van der Waals surface area contributed by atoms with Gasteiger partial charge in [0, 0.05) is 18.2 Å². The predicted octanol–water partition coefficient (Wildman–Crippen LogP) is 4.39. The fourth-order valence-electron chi connectivity index (χ4n) is 3.46. The molecular formula is C21H21N3O2.